The van der Waals surface area contributed by atoms with Gasteiger partial charge in [-0.05, 0) is 55.8 Å². The highest BCUT2D eigenvalue weighted by Gasteiger charge is 2.15. The van der Waals surface area contributed by atoms with Crippen molar-refractivity contribution in [3.63, 3.8) is 0 Å². The van der Waals surface area contributed by atoms with Gasteiger partial charge in [0.05, 0.1) is 11.2 Å². The van der Waals surface area contributed by atoms with Crippen molar-refractivity contribution in [2.45, 2.75) is 13.8 Å². The Morgan fingerprint density at radius 2 is 1.95 bits per heavy atom. The number of hydrogen-bond donors (Lipinski definition) is 0. The summed E-state index contributed by atoms with van der Waals surface area (Å²) >= 11 is 13.4. The first kappa shape index (κ1) is 14.5. The van der Waals surface area contributed by atoms with Crippen molar-refractivity contribution in [1.82, 2.24) is 4.98 Å². The molecule has 0 spiro atoms. The lowest BCUT2D eigenvalue weighted by Crippen LogP contribution is -1.96. The molecule has 21 heavy (non-hydrogen) atoms. The molecule has 0 fully saturated rings. The lowest BCUT2D eigenvalue weighted by Gasteiger charge is -2.07. The van der Waals surface area contributed by atoms with E-state index >= 15 is 0 Å². The summed E-state index contributed by atoms with van der Waals surface area (Å²) in [5.41, 5.74) is 2.94. The maximum atomic E-state index is 11.7. The Balaban J connectivity index is 2.33. The Kier molecular flexibility index (Phi) is 3.74. The van der Waals surface area contributed by atoms with Crippen molar-refractivity contribution in [3.05, 3.63) is 50.7 Å². The number of hydrogen-bond acceptors (Lipinski definition) is 3. The van der Waals surface area contributed by atoms with Crippen LogP contribution in [-0.4, -0.2) is 10.2 Å². The van der Waals surface area contributed by atoms with Gasteiger partial charge in [-0.15, -0.1) is 11.3 Å². The number of halogens is 2. The molecule has 0 aliphatic carbocycles. The van der Waals surface area contributed by atoms with Crippen molar-refractivity contribution in [1.29, 1.82) is 0 Å². The number of benzene rings is 1. The number of thiophene rings is 1. The quantitative estimate of drug-likeness (QED) is 0.569. The van der Waals surface area contributed by atoms with Crippen molar-refractivity contribution in [2.75, 3.05) is 0 Å². The summed E-state index contributed by atoms with van der Waals surface area (Å²) < 4.78 is 0. The first-order chi connectivity index (χ1) is 9.95. The molecular formula is C16H11Cl2NOS. The molecule has 2 heterocycles. The highest BCUT2D eigenvalue weighted by Crippen LogP contribution is 2.33. The average molecular weight is 336 g/mol. The molecule has 0 unspecified atom stereocenters. The lowest BCUT2D eigenvalue weighted by atomic mass is 10.1. The molecule has 106 valence electrons. The number of carbonyl (C=O) groups is 1. The molecule has 0 amide bonds. The fourth-order valence-electron chi connectivity index (χ4n) is 2.38. The van der Waals surface area contributed by atoms with Crippen LogP contribution in [-0.2, 0) is 0 Å². The fraction of sp³-hybridized carbons (Fsp3) is 0.125. The number of aryl methyl sites for hydroxylation is 2. The fourth-order valence-corrected chi connectivity index (χ4v) is 3.65. The third-order valence-corrected chi connectivity index (χ3v) is 4.70. The Bertz CT molecular complexity index is 870. The SMILES string of the molecule is Cc1cc(-c2cc(C(=O)Cl)c3cc(Cl)ccc3n2)c(C)s1. The van der Waals surface area contributed by atoms with Gasteiger partial charge < -0.3 is 0 Å². The maximum Gasteiger partial charge on any atom is 0.253 e. The Labute approximate surface area is 136 Å². The van der Waals surface area contributed by atoms with Crippen LogP contribution in [0.4, 0.5) is 0 Å². The predicted octanol–water partition coefficient (Wildman–Crippen LogP) is 5.61. The molecule has 1 aromatic carbocycles. The molecule has 5 heteroatoms. The van der Waals surface area contributed by atoms with E-state index in [1.807, 2.05) is 6.92 Å². The molecule has 2 nitrogen and oxygen atoms in total. The second-order valence-corrected chi connectivity index (χ2v) is 7.06. The van der Waals surface area contributed by atoms with Crippen molar-refractivity contribution >= 4 is 50.7 Å². The number of fused-ring (bicyclic) bond motifs is 1. The summed E-state index contributed by atoms with van der Waals surface area (Å²) in [5, 5.41) is 0.727. The molecule has 3 rings (SSSR count). The van der Waals surface area contributed by atoms with Gasteiger partial charge in [0.25, 0.3) is 5.24 Å². The van der Waals surface area contributed by atoms with Gasteiger partial charge in [0, 0.05) is 31.3 Å². The van der Waals surface area contributed by atoms with E-state index in [2.05, 4.69) is 18.0 Å². The van der Waals surface area contributed by atoms with Gasteiger partial charge in [0.15, 0.2) is 0 Å². The van der Waals surface area contributed by atoms with Crippen LogP contribution in [0.1, 0.15) is 20.1 Å². The number of rotatable bonds is 2. The van der Waals surface area contributed by atoms with Gasteiger partial charge in [0.2, 0.25) is 0 Å². The van der Waals surface area contributed by atoms with E-state index in [1.165, 1.54) is 9.75 Å². The first-order valence-electron chi connectivity index (χ1n) is 6.33. The zero-order chi connectivity index (χ0) is 15.1. The number of pyridine rings is 1. The summed E-state index contributed by atoms with van der Waals surface area (Å²) in [4.78, 5) is 18.8. The number of nitrogens with zero attached hydrogens (tertiary/aromatic N) is 1. The van der Waals surface area contributed by atoms with Crippen molar-refractivity contribution in [3.8, 4) is 11.3 Å². The lowest BCUT2D eigenvalue weighted by molar-refractivity contribution is 0.108. The Morgan fingerprint density at radius 3 is 2.57 bits per heavy atom. The number of carbonyl (C=O) groups excluding carboxylic acids is 1. The summed E-state index contributed by atoms with van der Waals surface area (Å²) in [5.74, 6) is 0. The topological polar surface area (TPSA) is 30.0 Å². The van der Waals surface area contributed by atoms with Crippen molar-refractivity contribution < 1.29 is 4.79 Å². The minimum Gasteiger partial charge on any atom is -0.276 e. The third-order valence-electron chi connectivity index (χ3n) is 3.30. The zero-order valence-electron chi connectivity index (χ0n) is 11.4. The van der Waals surface area contributed by atoms with E-state index in [9.17, 15) is 4.79 Å². The zero-order valence-corrected chi connectivity index (χ0v) is 13.7. The summed E-state index contributed by atoms with van der Waals surface area (Å²) in [6.45, 7) is 4.10. The van der Waals surface area contributed by atoms with Crippen molar-refractivity contribution in [2.24, 2.45) is 0 Å². The maximum absolute atomic E-state index is 11.7. The minimum absolute atomic E-state index is 0.433. The monoisotopic (exact) mass is 335 g/mol. The van der Waals surface area contributed by atoms with Gasteiger partial charge in [0.1, 0.15) is 0 Å². The second-order valence-electron chi connectivity index (χ2n) is 4.82. The molecule has 0 atom stereocenters. The normalized spacial score (nSPS) is 11.0. The second kappa shape index (κ2) is 5.41. The molecule has 0 N–H and O–H groups in total. The van der Waals surface area contributed by atoms with Crippen LogP contribution in [0.25, 0.3) is 22.2 Å². The number of aromatic nitrogens is 1. The molecule has 0 saturated heterocycles. The summed E-state index contributed by atoms with van der Waals surface area (Å²) in [7, 11) is 0. The van der Waals surface area contributed by atoms with Gasteiger partial charge in [-0.25, -0.2) is 4.98 Å². The first-order valence-corrected chi connectivity index (χ1v) is 7.90. The molecule has 0 aliphatic heterocycles. The molecule has 0 saturated carbocycles. The third kappa shape index (κ3) is 2.69. The minimum atomic E-state index is -0.504. The van der Waals surface area contributed by atoms with Crippen LogP contribution in [0.3, 0.4) is 0 Å². The van der Waals surface area contributed by atoms with Gasteiger partial charge >= 0.3 is 0 Å². The van der Waals surface area contributed by atoms with Crippen LogP contribution in [0.15, 0.2) is 30.3 Å². The van der Waals surface area contributed by atoms with E-state index < -0.39 is 5.24 Å². The highest BCUT2D eigenvalue weighted by atomic mass is 35.5. The Morgan fingerprint density at radius 1 is 1.19 bits per heavy atom. The highest BCUT2D eigenvalue weighted by molar-refractivity contribution is 7.12. The average Bonchev–Trinajstić information content (AvgIpc) is 2.76. The molecule has 0 aliphatic rings. The van der Waals surface area contributed by atoms with E-state index in [0.717, 1.165) is 11.3 Å². The van der Waals surface area contributed by atoms with E-state index in [-0.39, 0.29) is 0 Å². The predicted molar refractivity (Wildman–Crippen MR) is 89.7 cm³/mol. The van der Waals surface area contributed by atoms with Crippen LogP contribution in [0, 0.1) is 13.8 Å². The summed E-state index contributed by atoms with van der Waals surface area (Å²) in [6.07, 6.45) is 0. The molecule has 2 aromatic heterocycles. The van der Waals surface area contributed by atoms with Crippen LogP contribution < -0.4 is 0 Å². The van der Waals surface area contributed by atoms with Crippen LogP contribution >= 0.6 is 34.5 Å². The molecule has 0 radical (unpaired) electrons. The molecular weight excluding hydrogens is 325 g/mol. The van der Waals surface area contributed by atoms with E-state index in [0.29, 0.717) is 21.5 Å². The van der Waals surface area contributed by atoms with Gasteiger partial charge in [-0.2, -0.15) is 0 Å². The Hall–Kier alpha value is -1.42. The van der Waals surface area contributed by atoms with E-state index in [1.54, 1.807) is 35.6 Å². The van der Waals surface area contributed by atoms with Crippen LogP contribution in [0.2, 0.25) is 5.02 Å². The van der Waals surface area contributed by atoms with Crippen LogP contribution in [0.5, 0.6) is 0 Å². The summed E-state index contributed by atoms with van der Waals surface area (Å²) in [6, 6.07) is 9.10. The molecule has 0 bridgehead atoms. The van der Waals surface area contributed by atoms with E-state index in [4.69, 9.17) is 23.2 Å². The smallest absolute Gasteiger partial charge is 0.253 e. The largest absolute Gasteiger partial charge is 0.276 e. The van der Waals surface area contributed by atoms with Gasteiger partial charge in [-0.3, -0.25) is 4.79 Å². The molecule has 3 aromatic rings. The van der Waals surface area contributed by atoms with Gasteiger partial charge in [-0.1, -0.05) is 11.6 Å². The standard InChI is InChI=1S/C16H11Cl2NOS/c1-8-5-11(9(2)21-8)15-7-13(16(18)20)12-6-10(17)3-4-14(12)19-15/h3-7H,1-2H3.